The lowest BCUT2D eigenvalue weighted by molar-refractivity contribution is -0.144. The molecular weight excluding hydrogens is 206 g/mol. The van der Waals surface area contributed by atoms with Gasteiger partial charge in [-0.3, -0.25) is 4.79 Å². The maximum atomic E-state index is 10.8. The highest BCUT2D eigenvalue weighted by atomic mass is 16.5. The topological polar surface area (TPSA) is 63.2 Å². The van der Waals surface area contributed by atoms with Gasteiger partial charge in [0.25, 0.3) is 0 Å². The summed E-state index contributed by atoms with van der Waals surface area (Å²) in [6, 6.07) is 10.9. The summed E-state index contributed by atoms with van der Waals surface area (Å²) in [6.07, 6.45) is -0.982. The SMILES string of the molecule is CC(=O)OC(C#N)c1cc2ccccc2o1. The van der Waals surface area contributed by atoms with Crippen molar-refractivity contribution < 1.29 is 13.9 Å². The summed E-state index contributed by atoms with van der Waals surface area (Å²) in [5.41, 5.74) is 0.671. The lowest BCUT2D eigenvalue weighted by Crippen LogP contribution is -2.05. The highest BCUT2D eigenvalue weighted by Gasteiger charge is 2.18. The number of nitriles is 1. The molecule has 1 heterocycles. The second kappa shape index (κ2) is 4.07. The third-order valence-corrected chi connectivity index (χ3v) is 2.10. The van der Waals surface area contributed by atoms with Crippen LogP contribution in [0, 0.1) is 11.3 Å². The minimum absolute atomic E-state index is 0.346. The average molecular weight is 215 g/mol. The van der Waals surface area contributed by atoms with Crippen LogP contribution in [0.4, 0.5) is 0 Å². The fourth-order valence-corrected chi connectivity index (χ4v) is 1.45. The van der Waals surface area contributed by atoms with Gasteiger partial charge in [0.2, 0.25) is 6.10 Å². The first-order valence-corrected chi connectivity index (χ1v) is 4.76. The summed E-state index contributed by atoms with van der Waals surface area (Å²) in [7, 11) is 0. The molecule has 4 heteroatoms. The molecule has 0 radical (unpaired) electrons. The fraction of sp³-hybridized carbons (Fsp3) is 0.167. The molecule has 4 nitrogen and oxygen atoms in total. The van der Waals surface area contributed by atoms with E-state index in [1.807, 2.05) is 24.3 Å². The van der Waals surface area contributed by atoms with Crippen molar-refractivity contribution in [2.75, 3.05) is 0 Å². The summed E-state index contributed by atoms with van der Waals surface area (Å²) >= 11 is 0. The van der Waals surface area contributed by atoms with Crippen molar-refractivity contribution in [3.05, 3.63) is 36.1 Å². The van der Waals surface area contributed by atoms with Gasteiger partial charge >= 0.3 is 5.97 Å². The van der Waals surface area contributed by atoms with Gasteiger partial charge in [-0.2, -0.15) is 5.26 Å². The van der Waals surface area contributed by atoms with Crippen molar-refractivity contribution in [2.24, 2.45) is 0 Å². The predicted molar refractivity (Wildman–Crippen MR) is 56.3 cm³/mol. The number of furan rings is 1. The molecule has 16 heavy (non-hydrogen) atoms. The van der Waals surface area contributed by atoms with Crippen LogP contribution >= 0.6 is 0 Å². The Morgan fingerprint density at radius 3 is 2.88 bits per heavy atom. The van der Waals surface area contributed by atoms with E-state index in [0.29, 0.717) is 11.3 Å². The summed E-state index contributed by atoms with van der Waals surface area (Å²) in [5, 5.41) is 9.75. The Hall–Kier alpha value is -2.28. The van der Waals surface area contributed by atoms with Crippen LogP contribution < -0.4 is 0 Å². The van der Waals surface area contributed by atoms with Gasteiger partial charge in [0.05, 0.1) is 0 Å². The van der Waals surface area contributed by atoms with E-state index in [-0.39, 0.29) is 0 Å². The number of fused-ring (bicyclic) bond motifs is 1. The van der Waals surface area contributed by atoms with Gasteiger partial charge in [-0.1, -0.05) is 18.2 Å². The lowest BCUT2D eigenvalue weighted by Gasteiger charge is -2.04. The summed E-state index contributed by atoms with van der Waals surface area (Å²) in [6.45, 7) is 1.26. The van der Waals surface area contributed by atoms with Gasteiger partial charge in [0, 0.05) is 12.3 Å². The van der Waals surface area contributed by atoms with Crippen molar-refractivity contribution in [1.29, 1.82) is 5.26 Å². The number of nitrogens with zero attached hydrogens (tertiary/aromatic N) is 1. The van der Waals surface area contributed by atoms with Gasteiger partial charge < -0.3 is 9.15 Å². The zero-order valence-corrected chi connectivity index (χ0v) is 8.64. The van der Waals surface area contributed by atoms with Crippen molar-refractivity contribution in [3.8, 4) is 6.07 Å². The molecule has 0 amide bonds. The Morgan fingerprint density at radius 2 is 2.25 bits per heavy atom. The highest BCUT2D eigenvalue weighted by molar-refractivity contribution is 5.78. The van der Waals surface area contributed by atoms with E-state index in [2.05, 4.69) is 0 Å². The molecule has 1 aromatic carbocycles. The normalized spacial score (nSPS) is 12.0. The van der Waals surface area contributed by atoms with Gasteiger partial charge in [-0.25, -0.2) is 0 Å². The van der Waals surface area contributed by atoms with Gasteiger partial charge in [-0.05, 0) is 12.1 Å². The molecule has 80 valence electrons. The Labute approximate surface area is 92.0 Å². The zero-order valence-electron chi connectivity index (χ0n) is 8.64. The molecule has 0 spiro atoms. The summed E-state index contributed by atoms with van der Waals surface area (Å²) < 4.78 is 10.2. The fourth-order valence-electron chi connectivity index (χ4n) is 1.45. The molecule has 2 aromatic rings. The minimum Gasteiger partial charge on any atom is -0.456 e. The number of carbonyl (C=O) groups excluding carboxylic acids is 1. The molecule has 0 aliphatic rings. The number of esters is 1. The van der Waals surface area contributed by atoms with Crippen molar-refractivity contribution >= 4 is 16.9 Å². The van der Waals surface area contributed by atoms with E-state index in [9.17, 15) is 4.79 Å². The van der Waals surface area contributed by atoms with Crippen LogP contribution in [-0.2, 0) is 9.53 Å². The smallest absolute Gasteiger partial charge is 0.304 e. The van der Waals surface area contributed by atoms with Crippen molar-refractivity contribution in [3.63, 3.8) is 0 Å². The minimum atomic E-state index is -0.982. The number of ether oxygens (including phenoxy) is 1. The van der Waals surface area contributed by atoms with Crippen molar-refractivity contribution in [1.82, 2.24) is 0 Å². The Balaban J connectivity index is 2.38. The van der Waals surface area contributed by atoms with E-state index in [4.69, 9.17) is 14.4 Å². The molecular formula is C12H9NO3. The number of para-hydroxylation sites is 1. The van der Waals surface area contributed by atoms with E-state index in [1.165, 1.54) is 6.92 Å². The van der Waals surface area contributed by atoms with Crippen LogP contribution in [0.25, 0.3) is 11.0 Å². The van der Waals surface area contributed by atoms with E-state index in [0.717, 1.165) is 5.39 Å². The summed E-state index contributed by atoms with van der Waals surface area (Å²) in [5.74, 6) is -0.161. The molecule has 0 N–H and O–H groups in total. The molecule has 0 aliphatic carbocycles. The number of carbonyl (C=O) groups is 1. The van der Waals surface area contributed by atoms with Crippen LogP contribution in [0.5, 0.6) is 0 Å². The van der Waals surface area contributed by atoms with Crippen LogP contribution in [0.2, 0.25) is 0 Å². The molecule has 0 saturated heterocycles. The highest BCUT2D eigenvalue weighted by Crippen LogP contribution is 2.25. The maximum absolute atomic E-state index is 10.8. The molecule has 0 saturated carbocycles. The Morgan fingerprint density at radius 1 is 1.50 bits per heavy atom. The predicted octanol–water partition coefficient (Wildman–Crippen LogP) is 2.56. The monoisotopic (exact) mass is 215 g/mol. The van der Waals surface area contributed by atoms with Crippen LogP contribution in [-0.4, -0.2) is 5.97 Å². The zero-order chi connectivity index (χ0) is 11.5. The molecule has 0 fully saturated rings. The number of rotatable bonds is 2. The van der Waals surface area contributed by atoms with Gasteiger partial charge in [0.15, 0.2) is 5.76 Å². The standard InChI is InChI=1S/C12H9NO3/c1-8(14)15-12(7-13)11-6-9-4-2-3-5-10(9)16-11/h2-6,12H,1H3. The lowest BCUT2D eigenvalue weighted by atomic mass is 10.2. The largest absolute Gasteiger partial charge is 0.456 e. The first-order valence-electron chi connectivity index (χ1n) is 4.76. The van der Waals surface area contributed by atoms with Crippen LogP contribution in [0.3, 0.4) is 0 Å². The van der Waals surface area contributed by atoms with Crippen LogP contribution in [0.15, 0.2) is 34.7 Å². The number of hydrogen-bond donors (Lipinski definition) is 0. The molecule has 1 aromatic heterocycles. The van der Waals surface area contributed by atoms with Crippen molar-refractivity contribution in [2.45, 2.75) is 13.0 Å². The molecule has 0 aliphatic heterocycles. The third-order valence-electron chi connectivity index (χ3n) is 2.10. The summed E-state index contributed by atoms with van der Waals surface area (Å²) in [4.78, 5) is 10.8. The quantitative estimate of drug-likeness (QED) is 0.722. The van der Waals surface area contributed by atoms with E-state index < -0.39 is 12.1 Å². The average Bonchev–Trinajstić information content (AvgIpc) is 2.68. The second-order valence-electron chi connectivity index (χ2n) is 3.31. The first-order chi connectivity index (χ1) is 7.70. The van der Waals surface area contributed by atoms with Crippen LogP contribution in [0.1, 0.15) is 18.8 Å². The Kier molecular flexibility index (Phi) is 2.61. The molecule has 0 bridgehead atoms. The third kappa shape index (κ3) is 1.89. The number of hydrogen-bond acceptors (Lipinski definition) is 4. The van der Waals surface area contributed by atoms with E-state index >= 15 is 0 Å². The first kappa shape index (κ1) is 10.2. The van der Waals surface area contributed by atoms with E-state index in [1.54, 1.807) is 12.1 Å². The second-order valence-corrected chi connectivity index (χ2v) is 3.31. The maximum Gasteiger partial charge on any atom is 0.304 e. The molecule has 1 atom stereocenters. The van der Waals surface area contributed by atoms with Gasteiger partial charge in [0.1, 0.15) is 11.7 Å². The number of benzene rings is 1. The molecule has 1 unspecified atom stereocenters. The van der Waals surface area contributed by atoms with Gasteiger partial charge in [-0.15, -0.1) is 0 Å². The Bertz CT molecular complexity index is 532. The molecule has 2 rings (SSSR count).